The quantitative estimate of drug-likeness (QED) is 0.0539. The molecule has 1 aromatic rings. The molecule has 278 valence electrons. The second-order valence-electron chi connectivity index (χ2n) is 15.8. The lowest BCUT2D eigenvalue weighted by Gasteiger charge is -2.17. The van der Waals surface area contributed by atoms with Gasteiger partial charge in [0.15, 0.2) is 0 Å². The first-order valence-electron chi connectivity index (χ1n) is 22.3. The third-order valence-corrected chi connectivity index (χ3v) is 11.1. The van der Waals surface area contributed by atoms with Crippen LogP contribution in [0.2, 0.25) is 0 Å². The summed E-state index contributed by atoms with van der Waals surface area (Å²) >= 11 is 0. The maximum absolute atomic E-state index is 3.76. The Balaban J connectivity index is 2.34. The van der Waals surface area contributed by atoms with Gasteiger partial charge in [0.1, 0.15) is 12.4 Å². The summed E-state index contributed by atoms with van der Waals surface area (Å²) in [6.07, 6.45) is 56.1. The molecule has 0 aliphatic heterocycles. The molecular formula is C45H89N2+. The molecule has 1 rings (SSSR count). The molecule has 0 aliphatic rings. The number of H-pyrrole nitrogens is 1. The van der Waals surface area contributed by atoms with Crippen molar-refractivity contribution in [1.29, 1.82) is 0 Å². The zero-order valence-electron chi connectivity index (χ0n) is 33.2. The Hall–Kier alpha value is -0.790. The molecule has 2 nitrogen and oxygen atoms in total. The lowest BCUT2D eigenvalue weighted by molar-refractivity contribution is -0.727. The highest BCUT2D eigenvalue weighted by Gasteiger charge is 2.25. The number of hydrogen-bond donors (Lipinski definition) is 1. The van der Waals surface area contributed by atoms with Crippen LogP contribution in [-0.2, 0) is 0 Å². The van der Waals surface area contributed by atoms with Crippen LogP contribution in [-0.4, -0.2) is 4.98 Å². The summed E-state index contributed by atoms with van der Waals surface area (Å²) in [6.45, 7) is 9.43. The van der Waals surface area contributed by atoms with Crippen molar-refractivity contribution in [2.45, 2.75) is 271 Å². The molecule has 0 fully saturated rings. The van der Waals surface area contributed by atoms with E-state index in [1.54, 1.807) is 0 Å². The number of aromatic nitrogens is 2. The van der Waals surface area contributed by atoms with E-state index in [0.717, 1.165) is 0 Å². The lowest BCUT2D eigenvalue weighted by Crippen LogP contribution is -2.41. The Labute approximate surface area is 297 Å². The summed E-state index contributed by atoms with van der Waals surface area (Å²) < 4.78 is 2.65. The van der Waals surface area contributed by atoms with Crippen molar-refractivity contribution in [3.8, 4) is 0 Å². The molecule has 1 aromatic heterocycles. The van der Waals surface area contributed by atoms with Crippen LogP contribution in [0, 0.1) is 0 Å². The average Bonchev–Trinajstić information content (AvgIpc) is 3.57. The molecule has 2 unspecified atom stereocenters. The molecule has 1 heterocycles. The van der Waals surface area contributed by atoms with Crippen molar-refractivity contribution in [3.05, 3.63) is 18.2 Å². The van der Waals surface area contributed by atoms with Gasteiger partial charge in [-0.3, -0.25) is 0 Å². The van der Waals surface area contributed by atoms with Crippen LogP contribution in [0.15, 0.2) is 12.4 Å². The molecular weight excluding hydrogens is 569 g/mol. The van der Waals surface area contributed by atoms with Gasteiger partial charge in [0.05, 0.1) is 12.0 Å². The summed E-state index contributed by atoms with van der Waals surface area (Å²) in [5, 5.41) is 0. The summed E-state index contributed by atoms with van der Waals surface area (Å²) in [6, 6.07) is 0.618. The van der Waals surface area contributed by atoms with Crippen LogP contribution in [0.1, 0.15) is 277 Å². The van der Waals surface area contributed by atoms with Crippen LogP contribution in [0.3, 0.4) is 0 Å². The average molecular weight is 658 g/mol. The van der Waals surface area contributed by atoms with Gasteiger partial charge in [-0.05, 0) is 32.6 Å². The van der Waals surface area contributed by atoms with E-state index in [9.17, 15) is 0 Å². The minimum Gasteiger partial charge on any atom is -0.247 e. The second kappa shape index (κ2) is 35.1. The Morgan fingerprint density at radius 3 is 1.00 bits per heavy atom. The molecule has 0 spiro atoms. The lowest BCUT2D eigenvalue weighted by atomic mass is 9.92. The molecule has 2 heteroatoms. The van der Waals surface area contributed by atoms with Gasteiger partial charge in [-0.25, -0.2) is 9.55 Å². The van der Waals surface area contributed by atoms with Crippen molar-refractivity contribution in [2.75, 3.05) is 0 Å². The maximum atomic E-state index is 3.76. The van der Waals surface area contributed by atoms with Gasteiger partial charge >= 0.3 is 0 Å². The fourth-order valence-corrected chi connectivity index (χ4v) is 7.84. The topological polar surface area (TPSA) is 19.7 Å². The first kappa shape index (κ1) is 44.2. The van der Waals surface area contributed by atoms with Crippen molar-refractivity contribution in [3.63, 3.8) is 0 Å². The number of imidazole rings is 1. The van der Waals surface area contributed by atoms with E-state index in [1.807, 2.05) is 0 Å². The molecule has 0 amide bonds. The predicted octanol–water partition coefficient (Wildman–Crippen LogP) is 16.1. The van der Waals surface area contributed by atoms with Gasteiger partial charge < -0.3 is 0 Å². The largest absolute Gasteiger partial charge is 0.257 e. The molecule has 1 N–H and O–H groups in total. The Kier molecular flexibility index (Phi) is 33.0. The number of aromatic amines is 1. The highest BCUT2D eigenvalue weighted by atomic mass is 15.1. The molecule has 0 bridgehead atoms. The van der Waals surface area contributed by atoms with Crippen LogP contribution in [0.5, 0.6) is 0 Å². The van der Waals surface area contributed by atoms with Gasteiger partial charge in [-0.1, -0.05) is 226 Å². The van der Waals surface area contributed by atoms with Crippen LogP contribution < -0.4 is 4.57 Å². The summed E-state index contributed by atoms with van der Waals surface area (Å²) in [7, 11) is 0. The monoisotopic (exact) mass is 658 g/mol. The van der Waals surface area contributed by atoms with Gasteiger partial charge in [0, 0.05) is 0 Å². The van der Waals surface area contributed by atoms with E-state index in [2.05, 4.69) is 49.6 Å². The number of nitrogens with one attached hydrogen (secondary N) is 1. The second-order valence-corrected chi connectivity index (χ2v) is 15.8. The van der Waals surface area contributed by atoms with E-state index in [0.29, 0.717) is 12.0 Å². The standard InChI is InChI=1S/C45H88N2/c1-5-8-11-14-17-19-21-23-24-26-28-31-34-37-40-44(39-36-33-29-16-13-10-7-3)45-46-41-42-47(45)43(4)38-35-32-30-27-25-22-20-18-15-12-9-6-2/h41-44H,5-40H2,1-4H3/p+1. The molecule has 0 saturated heterocycles. The molecule has 0 saturated carbocycles. The Bertz CT molecular complexity index is 723. The highest BCUT2D eigenvalue weighted by molar-refractivity contribution is 4.90. The zero-order valence-corrected chi connectivity index (χ0v) is 33.2. The minimum absolute atomic E-state index is 0.618. The smallest absolute Gasteiger partial charge is 0.247 e. The zero-order chi connectivity index (χ0) is 33.9. The third kappa shape index (κ3) is 26.7. The van der Waals surface area contributed by atoms with Crippen LogP contribution in [0.25, 0.3) is 0 Å². The van der Waals surface area contributed by atoms with E-state index in [4.69, 9.17) is 0 Å². The first-order chi connectivity index (χ1) is 23.2. The van der Waals surface area contributed by atoms with Gasteiger partial charge in [0.2, 0.25) is 0 Å². The normalized spacial score (nSPS) is 13.0. The fourth-order valence-electron chi connectivity index (χ4n) is 7.84. The Morgan fingerprint density at radius 2 is 0.681 bits per heavy atom. The maximum Gasteiger partial charge on any atom is 0.257 e. The minimum atomic E-state index is 0.618. The third-order valence-electron chi connectivity index (χ3n) is 11.1. The van der Waals surface area contributed by atoms with E-state index >= 15 is 0 Å². The van der Waals surface area contributed by atoms with Crippen molar-refractivity contribution >= 4 is 0 Å². The number of unbranched alkanes of at least 4 members (excludes halogenated alkanes) is 30. The summed E-state index contributed by atoms with van der Waals surface area (Å²) in [4.78, 5) is 3.76. The van der Waals surface area contributed by atoms with Gasteiger partial charge in [0.25, 0.3) is 5.82 Å². The van der Waals surface area contributed by atoms with Crippen molar-refractivity contribution in [2.24, 2.45) is 0 Å². The van der Waals surface area contributed by atoms with Gasteiger partial charge in [-0.15, -0.1) is 0 Å². The number of hydrogen-bond acceptors (Lipinski definition) is 0. The predicted molar refractivity (Wildman–Crippen MR) is 212 cm³/mol. The van der Waals surface area contributed by atoms with Crippen molar-refractivity contribution in [1.82, 2.24) is 4.98 Å². The molecule has 2 atom stereocenters. The first-order valence-corrected chi connectivity index (χ1v) is 22.3. The SMILES string of the molecule is CCCCCCCCCCCCCCCCC(CCCCCCCCC)c1[nH]cc[n+]1C(C)CCCCCCCCCCCCCC. The number of rotatable bonds is 38. The van der Waals surface area contributed by atoms with E-state index in [-0.39, 0.29) is 0 Å². The molecule has 0 radical (unpaired) electrons. The highest BCUT2D eigenvalue weighted by Crippen LogP contribution is 2.27. The van der Waals surface area contributed by atoms with E-state index < -0.39 is 0 Å². The number of nitrogens with zero attached hydrogens (tertiary/aromatic N) is 1. The van der Waals surface area contributed by atoms with E-state index in [1.165, 1.54) is 237 Å². The Morgan fingerprint density at radius 1 is 0.404 bits per heavy atom. The molecule has 0 aromatic carbocycles. The van der Waals surface area contributed by atoms with Crippen LogP contribution in [0.4, 0.5) is 0 Å². The fraction of sp³-hybridized carbons (Fsp3) is 0.933. The molecule has 47 heavy (non-hydrogen) atoms. The summed E-state index contributed by atoms with van der Waals surface area (Å²) in [5.74, 6) is 2.25. The summed E-state index contributed by atoms with van der Waals surface area (Å²) in [5.41, 5.74) is 0. The molecule has 0 aliphatic carbocycles. The van der Waals surface area contributed by atoms with Gasteiger partial charge in [-0.2, -0.15) is 0 Å². The van der Waals surface area contributed by atoms with Crippen LogP contribution >= 0.6 is 0 Å². The van der Waals surface area contributed by atoms with Crippen molar-refractivity contribution < 1.29 is 4.57 Å².